The van der Waals surface area contributed by atoms with E-state index in [0.29, 0.717) is 50.4 Å². The van der Waals surface area contributed by atoms with Crippen LogP contribution < -0.4 is 30.9 Å². The number of hydrogen-bond acceptors (Lipinski definition) is 12. The summed E-state index contributed by atoms with van der Waals surface area (Å²) < 4.78 is 24.2. The fourth-order valence-electron chi connectivity index (χ4n) is 7.61. The molecule has 6 amide bonds. The standard InChI is InChI=1S/C40H41ClFN13O6/c1-21(35(57)47-28-19-53(17-27(28)42)39-48-33(32-34(49-39)51(2)20-44-32)46-29-18-52(3)50-36(29)61-4)15-55-31(56)11-10-30(38(55)59)54-16-23-12-22(8-9-26(23)37(54)58)14-43-40(60)45-25-7-5-6-24(41)13-25/h5-9,12-13,18,20,27-28,30H,1,10-11,14-17,19H2,2-4H3,(H,47,57)(H2,43,45,60)(H,46,48,49)/t27-,28-,30?/m1/s1. The van der Waals surface area contributed by atoms with Crippen LogP contribution in [0.25, 0.3) is 11.2 Å². The number of nitrogens with zero attached hydrogens (tertiary/aromatic N) is 9. The van der Waals surface area contributed by atoms with Gasteiger partial charge in [0.2, 0.25) is 17.8 Å². The number of aryl methyl sites for hydroxylation is 2. The van der Waals surface area contributed by atoms with Crippen molar-refractivity contribution in [2.24, 2.45) is 14.1 Å². The van der Waals surface area contributed by atoms with Crippen LogP contribution >= 0.6 is 11.6 Å². The van der Waals surface area contributed by atoms with E-state index in [1.165, 1.54) is 12.0 Å². The number of amides is 6. The fourth-order valence-corrected chi connectivity index (χ4v) is 7.80. The topological polar surface area (TPSA) is 214 Å². The van der Waals surface area contributed by atoms with Crippen LogP contribution in [0.15, 0.2) is 67.1 Å². The Morgan fingerprint density at radius 2 is 1.90 bits per heavy atom. The normalized spacial score (nSPS) is 18.7. The second-order valence-electron chi connectivity index (χ2n) is 15.0. The summed E-state index contributed by atoms with van der Waals surface area (Å²) in [7, 11) is 5.00. The van der Waals surface area contributed by atoms with Crippen molar-refractivity contribution in [2.75, 3.05) is 42.3 Å². The maximum Gasteiger partial charge on any atom is 0.319 e. The second-order valence-corrected chi connectivity index (χ2v) is 15.4. The van der Waals surface area contributed by atoms with Crippen LogP contribution in [0.5, 0.6) is 5.88 Å². The van der Waals surface area contributed by atoms with Crippen LogP contribution in [0.4, 0.5) is 32.3 Å². The predicted octanol–water partition coefficient (Wildman–Crippen LogP) is 3.20. The van der Waals surface area contributed by atoms with Crippen LogP contribution in [-0.2, 0) is 41.6 Å². The minimum Gasteiger partial charge on any atom is -0.478 e. The number of rotatable bonds is 12. The Balaban J connectivity index is 0.880. The predicted molar refractivity (Wildman–Crippen MR) is 221 cm³/mol. The number of halogens is 2. The van der Waals surface area contributed by atoms with Gasteiger partial charge in [0.05, 0.1) is 38.8 Å². The molecule has 6 heterocycles. The molecule has 2 aromatic carbocycles. The number of carbonyl (C=O) groups is 5. The Kier molecular flexibility index (Phi) is 11.0. The lowest BCUT2D eigenvalue weighted by atomic mass is 10.0. The van der Waals surface area contributed by atoms with Gasteiger partial charge in [0.15, 0.2) is 17.0 Å². The molecule has 8 rings (SSSR count). The van der Waals surface area contributed by atoms with Gasteiger partial charge in [-0.15, -0.1) is 5.10 Å². The molecule has 19 nitrogen and oxygen atoms in total. The molecular formula is C40H41ClFN13O6. The van der Waals surface area contributed by atoms with E-state index >= 15 is 4.39 Å². The number of alkyl halides is 1. The van der Waals surface area contributed by atoms with Gasteiger partial charge < -0.3 is 40.4 Å². The number of fused-ring (bicyclic) bond motifs is 2. The highest BCUT2D eigenvalue weighted by molar-refractivity contribution is 6.30. The van der Waals surface area contributed by atoms with E-state index in [0.717, 1.165) is 10.5 Å². The lowest BCUT2D eigenvalue weighted by Crippen LogP contribution is -2.55. The molecular weight excluding hydrogens is 813 g/mol. The van der Waals surface area contributed by atoms with Crippen molar-refractivity contribution in [3.8, 4) is 5.88 Å². The Morgan fingerprint density at radius 3 is 2.69 bits per heavy atom. The molecule has 0 radical (unpaired) electrons. The van der Waals surface area contributed by atoms with Crippen molar-refractivity contribution in [3.05, 3.63) is 88.9 Å². The van der Waals surface area contributed by atoms with E-state index in [1.807, 2.05) is 0 Å². The van der Waals surface area contributed by atoms with E-state index in [2.05, 4.69) is 47.9 Å². The Bertz CT molecular complexity index is 2610. The van der Waals surface area contributed by atoms with E-state index in [9.17, 15) is 24.0 Å². The average molecular weight is 854 g/mol. The molecule has 2 saturated heterocycles. The number of hydrogen-bond donors (Lipinski definition) is 4. The molecule has 0 spiro atoms. The van der Waals surface area contributed by atoms with Crippen LogP contribution in [0.2, 0.25) is 5.02 Å². The Labute approximate surface area is 352 Å². The number of carbonyl (C=O) groups excluding carboxylic acids is 5. The summed E-state index contributed by atoms with van der Waals surface area (Å²) >= 11 is 6.00. The highest BCUT2D eigenvalue weighted by atomic mass is 35.5. The van der Waals surface area contributed by atoms with Gasteiger partial charge in [-0.25, -0.2) is 14.2 Å². The molecule has 61 heavy (non-hydrogen) atoms. The molecule has 21 heteroatoms. The number of methoxy groups -OCH3 is 1. The maximum atomic E-state index is 15.6. The van der Waals surface area contributed by atoms with Crippen LogP contribution in [0, 0.1) is 0 Å². The number of imidazole rings is 1. The van der Waals surface area contributed by atoms with Crippen molar-refractivity contribution in [1.29, 1.82) is 0 Å². The number of anilines is 4. The third-order valence-corrected chi connectivity index (χ3v) is 10.9. The molecule has 3 aromatic heterocycles. The van der Waals surface area contributed by atoms with Crippen molar-refractivity contribution in [3.63, 3.8) is 0 Å². The number of imide groups is 1. The first-order valence-corrected chi connectivity index (χ1v) is 19.6. The van der Waals surface area contributed by atoms with Crippen molar-refractivity contribution in [2.45, 2.75) is 44.2 Å². The molecule has 0 aliphatic carbocycles. The minimum absolute atomic E-state index is 0.00840. The third kappa shape index (κ3) is 8.25. The van der Waals surface area contributed by atoms with Crippen molar-refractivity contribution in [1.82, 2.24) is 49.7 Å². The molecule has 3 aliphatic rings. The lowest BCUT2D eigenvalue weighted by molar-refractivity contribution is -0.151. The molecule has 3 aliphatic heterocycles. The molecule has 0 saturated carbocycles. The quantitative estimate of drug-likeness (QED) is 0.105. The number of piperidine rings is 1. The van der Waals surface area contributed by atoms with E-state index in [4.69, 9.17) is 16.3 Å². The Morgan fingerprint density at radius 1 is 1.08 bits per heavy atom. The molecule has 1 unspecified atom stereocenters. The summed E-state index contributed by atoms with van der Waals surface area (Å²) in [6.07, 6.45) is 1.83. The van der Waals surface area contributed by atoms with E-state index in [-0.39, 0.29) is 56.4 Å². The van der Waals surface area contributed by atoms with Gasteiger partial charge in [0, 0.05) is 62.0 Å². The minimum atomic E-state index is -1.52. The van der Waals surface area contributed by atoms with Gasteiger partial charge in [0.1, 0.15) is 17.9 Å². The highest BCUT2D eigenvalue weighted by Gasteiger charge is 2.43. The summed E-state index contributed by atoms with van der Waals surface area (Å²) in [6, 6.07) is 9.48. The molecule has 316 valence electrons. The van der Waals surface area contributed by atoms with Gasteiger partial charge >= 0.3 is 6.03 Å². The molecule has 5 aromatic rings. The van der Waals surface area contributed by atoms with Gasteiger partial charge in [-0.05, 0) is 41.8 Å². The number of benzene rings is 2. The number of likely N-dealkylation sites (tertiary alicyclic amines) is 1. The zero-order valence-electron chi connectivity index (χ0n) is 33.3. The number of urea groups is 1. The lowest BCUT2D eigenvalue weighted by Gasteiger charge is -2.35. The summed E-state index contributed by atoms with van der Waals surface area (Å²) in [5, 5.41) is 16.1. The first kappa shape index (κ1) is 40.7. The SMILES string of the molecule is C=C(CN1C(=O)CCC(N2Cc3cc(CNC(=O)Nc4cccc(Cl)c4)ccc3C2=O)C1=O)C(=O)N[C@@H]1CN(c2nc(Nc3cn(C)nc3OC)c3ncn(C)c3n2)C[C@H]1F. The van der Waals surface area contributed by atoms with Gasteiger partial charge in [0.25, 0.3) is 17.7 Å². The number of aromatic nitrogens is 6. The molecule has 2 fully saturated rings. The van der Waals surface area contributed by atoms with Gasteiger partial charge in [-0.1, -0.05) is 36.4 Å². The van der Waals surface area contributed by atoms with Crippen molar-refractivity contribution >= 4 is 75.6 Å². The largest absolute Gasteiger partial charge is 0.478 e. The molecule has 0 bridgehead atoms. The summed E-state index contributed by atoms with van der Waals surface area (Å²) in [5.41, 5.74) is 3.68. The smallest absolute Gasteiger partial charge is 0.319 e. The zero-order chi connectivity index (χ0) is 43.1. The maximum absolute atomic E-state index is 15.6. The molecule has 4 N–H and O–H groups in total. The molecule has 3 atom stereocenters. The Hall–Kier alpha value is -7.09. The van der Waals surface area contributed by atoms with Gasteiger partial charge in [-0.3, -0.25) is 28.8 Å². The van der Waals surface area contributed by atoms with Gasteiger partial charge in [-0.2, -0.15) is 9.97 Å². The van der Waals surface area contributed by atoms with E-state index < -0.39 is 48.6 Å². The number of ether oxygens (including phenoxy) is 1. The zero-order valence-corrected chi connectivity index (χ0v) is 34.1. The average Bonchev–Trinajstić information content (AvgIpc) is 3.99. The monoisotopic (exact) mass is 853 g/mol. The van der Waals surface area contributed by atoms with Crippen molar-refractivity contribution < 1.29 is 33.1 Å². The summed E-state index contributed by atoms with van der Waals surface area (Å²) in [6.45, 7) is 3.54. The number of nitrogens with one attached hydrogen (secondary N) is 4. The van der Waals surface area contributed by atoms with Crippen LogP contribution in [-0.4, -0.2) is 114 Å². The summed E-state index contributed by atoms with van der Waals surface area (Å²) in [5.74, 6) is -1.41. The second kappa shape index (κ2) is 16.5. The highest BCUT2D eigenvalue weighted by Crippen LogP contribution is 2.32. The van der Waals surface area contributed by atoms with E-state index in [1.54, 1.807) is 83.2 Å². The summed E-state index contributed by atoms with van der Waals surface area (Å²) in [4.78, 5) is 84.0. The van der Waals surface area contributed by atoms with Crippen LogP contribution in [0.1, 0.15) is 34.3 Å². The fraction of sp³-hybridized carbons (Fsp3) is 0.325. The van der Waals surface area contributed by atoms with Crippen LogP contribution in [0.3, 0.4) is 0 Å². The first-order valence-electron chi connectivity index (χ1n) is 19.2. The first-order chi connectivity index (χ1) is 29.3. The third-order valence-electron chi connectivity index (χ3n) is 10.7.